The average Bonchev–Trinajstić information content (AvgIpc) is 2.61. The molecule has 0 spiro atoms. The van der Waals surface area contributed by atoms with E-state index >= 15 is 0 Å². The maximum Gasteiger partial charge on any atom is 0.297 e. The van der Waals surface area contributed by atoms with E-state index in [0.29, 0.717) is 13.0 Å². The monoisotopic (exact) mass is 360 g/mol. The summed E-state index contributed by atoms with van der Waals surface area (Å²) in [4.78, 5) is 0.158. The summed E-state index contributed by atoms with van der Waals surface area (Å²) in [6.45, 7) is 2.43. The Morgan fingerprint density at radius 3 is 2.64 bits per heavy atom. The second-order valence-corrected chi connectivity index (χ2v) is 7.36. The number of methoxy groups -OCH3 is 1. The molecule has 2 aromatic rings. The van der Waals surface area contributed by atoms with Crippen LogP contribution in [-0.2, 0) is 14.3 Å². The van der Waals surface area contributed by atoms with Crippen molar-refractivity contribution in [2.45, 2.75) is 18.2 Å². The molecular weight excluding hydrogens is 340 g/mol. The SMILES string of the molecule is COc1ccc2c(c1)/C(=C\COS(=O)(=O)c1ccc(C)cc1)CCO2. The summed E-state index contributed by atoms with van der Waals surface area (Å²) >= 11 is 0. The van der Waals surface area contributed by atoms with Crippen LogP contribution in [0.2, 0.25) is 0 Å². The molecule has 1 aliphatic rings. The molecule has 0 saturated heterocycles. The van der Waals surface area contributed by atoms with Gasteiger partial charge in [-0.15, -0.1) is 0 Å². The minimum absolute atomic E-state index is 0.0256. The summed E-state index contributed by atoms with van der Waals surface area (Å²) in [6.07, 6.45) is 2.47. The molecule has 6 heteroatoms. The van der Waals surface area contributed by atoms with Crippen LogP contribution in [0.25, 0.3) is 5.57 Å². The van der Waals surface area contributed by atoms with Gasteiger partial charge in [-0.3, -0.25) is 4.18 Å². The molecule has 132 valence electrons. The molecule has 0 unspecified atom stereocenters. The van der Waals surface area contributed by atoms with E-state index in [2.05, 4.69) is 0 Å². The van der Waals surface area contributed by atoms with Crippen molar-refractivity contribution in [3.63, 3.8) is 0 Å². The van der Waals surface area contributed by atoms with Crippen molar-refractivity contribution in [3.8, 4) is 11.5 Å². The Bertz CT molecular complexity index is 883. The standard InChI is InChI=1S/C19H20O5S/c1-14-3-6-17(7-4-14)25(20,21)24-12-10-15-9-11-23-19-8-5-16(22-2)13-18(15)19/h3-8,10,13H,9,11-12H2,1-2H3/b15-10-. The van der Waals surface area contributed by atoms with Gasteiger partial charge in [-0.2, -0.15) is 8.42 Å². The lowest BCUT2D eigenvalue weighted by Crippen LogP contribution is -2.10. The van der Waals surface area contributed by atoms with Crippen LogP contribution in [0.5, 0.6) is 11.5 Å². The number of ether oxygens (including phenoxy) is 2. The third-order valence-electron chi connectivity index (χ3n) is 4.02. The van der Waals surface area contributed by atoms with E-state index in [1.165, 1.54) is 0 Å². The number of hydrogen-bond acceptors (Lipinski definition) is 5. The van der Waals surface area contributed by atoms with Crippen molar-refractivity contribution in [3.05, 3.63) is 59.7 Å². The second-order valence-electron chi connectivity index (χ2n) is 5.74. The van der Waals surface area contributed by atoms with Gasteiger partial charge in [-0.1, -0.05) is 23.8 Å². The molecule has 3 rings (SSSR count). The Kier molecular flexibility index (Phi) is 5.11. The summed E-state index contributed by atoms with van der Waals surface area (Å²) < 4.78 is 40.5. The van der Waals surface area contributed by atoms with Crippen LogP contribution in [0.3, 0.4) is 0 Å². The van der Waals surface area contributed by atoms with E-state index in [0.717, 1.165) is 28.2 Å². The zero-order valence-corrected chi connectivity index (χ0v) is 15.0. The highest BCUT2D eigenvalue weighted by Gasteiger charge is 2.18. The Hall–Kier alpha value is -2.31. The number of benzene rings is 2. The van der Waals surface area contributed by atoms with Crippen molar-refractivity contribution in [1.29, 1.82) is 0 Å². The number of aryl methyl sites for hydroxylation is 1. The first-order valence-electron chi connectivity index (χ1n) is 7.96. The van der Waals surface area contributed by atoms with E-state index in [4.69, 9.17) is 13.7 Å². The van der Waals surface area contributed by atoms with Crippen LogP contribution < -0.4 is 9.47 Å². The molecule has 2 aromatic carbocycles. The molecule has 1 heterocycles. The van der Waals surface area contributed by atoms with Gasteiger partial charge in [0.05, 0.1) is 25.2 Å². The number of hydrogen-bond donors (Lipinski definition) is 0. The summed E-state index contributed by atoms with van der Waals surface area (Å²) in [5.74, 6) is 1.49. The predicted molar refractivity (Wildman–Crippen MR) is 95.4 cm³/mol. The highest BCUT2D eigenvalue weighted by molar-refractivity contribution is 7.86. The van der Waals surface area contributed by atoms with Crippen LogP contribution in [0.15, 0.2) is 53.4 Å². The van der Waals surface area contributed by atoms with Gasteiger partial charge in [-0.25, -0.2) is 0 Å². The van der Waals surface area contributed by atoms with Crippen molar-refractivity contribution in [2.75, 3.05) is 20.3 Å². The quantitative estimate of drug-likeness (QED) is 0.763. The lowest BCUT2D eigenvalue weighted by Gasteiger charge is -2.20. The molecule has 5 nitrogen and oxygen atoms in total. The van der Waals surface area contributed by atoms with Gasteiger partial charge in [0.2, 0.25) is 0 Å². The molecular formula is C19H20O5S. The lowest BCUT2D eigenvalue weighted by molar-refractivity contribution is 0.314. The number of fused-ring (bicyclic) bond motifs is 1. The van der Waals surface area contributed by atoms with Gasteiger partial charge >= 0.3 is 0 Å². The van der Waals surface area contributed by atoms with Crippen LogP contribution in [0.4, 0.5) is 0 Å². The first kappa shape index (κ1) is 17.5. The first-order valence-corrected chi connectivity index (χ1v) is 9.37. The van der Waals surface area contributed by atoms with Gasteiger partial charge < -0.3 is 9.47 Å². The van der Waals surface area contributed by atoms with Gasteiger partial charge in [0.15, 0.2) is 0 Å². The van der Waals surface area contributed by atoms with Crippen molar-refractivity contribution in [2.24, 2.45) is 0 Å². The molecule has 0 atom stereocenters. The topological polar surface area (TPSA) is 61.8 Å². The van der Waals surface area contributed by atoms with Gasteiger partial charge in [0.1, 0.15) is 11.5 Å². The smallest absolute Gasteiger partial charge is 0.297 e. The largest absolute Gasteiger partial charge is 0.497 e. The third kappa shape index (κ3) is 4.03. The summed E-state index contributed by atoms with van der Waals surface area (Å²) in [5.41, 5.74) is 2.88. The Morgan fingerprint density at radius 2 is 1.92 bits per heavy atom. The highest BCUT2D eigenvalue weighted by atomic mass is 32.2. The van der Waals surface area contributed by atoms with Crippen LogP contribution in [-0.4, -0.2) is 28.7 Å². The van der Waals surface area contributed by atoms with Gasteiger partial charge in [-0.05, 0) is 42.8 Å². The molecule has 0 N–H and O–H groups in total. The Balaban J connectivity index is 1.76. The minimum Gasteiger partial charge on any atom is -0.497 e. The molecule has 25 heavy (non-hydrogen) atoms. The molecule has 0 aliphatic carbocycles. The zero-order valence-electron chi connectivity index (χ0n) is 14.2. The Labute approximate surface area is 148 Å². The number of rotatable bonds is 5. The summed E-state index contributed by atoms with van der Waals surface area (Å²) in [5, 5.41) is 0. The normalized spacial score (nSPS) is 15.5. The molecule has 0 amide bonds. The van der Waals surface area contributed by atoms with Crippen molar-refractivity contribution >= 4 is 15.7 Å². The molecule has 0 aromatic heterocycles. The van der Waals surface area contributed by atoms with E-state index < -0.39 is 10.1 Å². The van der Waals surface area contributed by atoms with Gasteiger partial charge in [0.25, 0.3) is 10.1 Å². The predicted octanol–water partition coefficient (Wildman–Crippen LogP) is 3.58. The second kappa shape index (κ2) is 7.29. The molecule has 0 radical (unpaired) electrons. The van der Waals surface area contributed by atoms with Crippen molar-refractivity contribution < 1.29 is 22.1 Å². The lowest BCUT2D eigenvalue weighted by atomic mass is 9.99. The van der Waals surface area contributed by atoms with Crippen LogP contribution in [0, 0.1) is 6.92 Å². The van der Waals surface area contributed by atoms with Crippen LogP contribution in [0.1, 0.15) is 17.5 Å². The summed E-state index contributed by atoms with van der Waals surface area (Å²) in [7, 11) is -2.17. The maximum absolute atomic E-state index is 12.2. The fourth-order valence-electron chi connectivity index (χ4n) is 2.63. The van der Waals surface area contributed by atoms with Crippen LogP contribution >= 0.6 is 0 Å². The third-order valence-corrected chi connectivity index (χ3v) is 5.32. The van der Waals surface area contributed by atoms with E-state index in [1.54, 1.807) is 37.5 Å². The van der Waals surface area contributed by atoms with E-state index in [1.807, 2.05) is 25.1 Å². The van der Waals surface area contributed by atoms with E-state index in [9.17, 15) is 8.42 Å². The maximum atomic E-state index is 12.2. The van der Waals surface area contributed by atoms with E-state index in [-0.39, 0.29) is 11.5 Å². The molecule has 0 bridgehead atoms. The highest BCUT2D eigenvalue weighted by Crippen LogP contribution is 2.35. The van der Waals surface area contributed by atoms with Gasteiger partial charge in [0, 0.05) is 12.0 Å². The molecule has 0 saturated carbocycles. The van der Waals surface area contributed by atoms with Crippen molar-refractivity contribution in [1.82, 2.24) is 0 Å². The fraction of sp³-hybridized carbons (Fsp3) is 0.263. The fourth-order valence-corrected chi connectivity index (χ4v) is 3.48. The average molecular weight is 360 g/mol. The Morgan fingerprint density at radius 1 is 1.16 bits per heavy atom. The first-order chi connectivity index (χ1) is 12.0. The molecule has 1 aliphatic heterocycles. The summed E-state index contributed by atoms with van der Waals surface area (Å²) in [6, 6.07) is 12.2. The minimum atomic E-state index is -3.77. The zero-order chi connectivity index (χ0) is 17.9. The molecule has 0 fully saturated rings.